The molecule has 0 bridgehead atoms. The average Bonchev–Trinajstić information content (AvgIpc) is 2.78. The van der Waals surface area contributed by atoms with Gasteiger partial charge in [0.25, 0.3) is 5.91 Å². The molecule has 0 saturated heterocycles. The van der Waals surface area contributed by atoms with Crippen molar-refractivity contribution in [1.29, 1.82) is 0 Å². The normalized spacial score (nSPS) is 11.8. The summed E-state index contributed by atoms with van der Waals surface area (Å²) in [6.07, 6.45) is 16.2. The first-order valence-corrected chi connectivity index (χ1v) is 13.3. The SMILES string of the molecule is CCCCCCCCCCCCCCc1cc(C(=O)NOSC(F)(F)F)c2c(C)cccc2c1. The summed E-state index contributed by atoms with van der Waals surface area (Å²) in [6, 6.07) is 9.59. The Labute approximate surface area is 206 Å². The van der Waals surface area contributed by atoms with Gasteiger partial charge in [-0.2, -0.15) is 17.5 Å². The monoisotopic (exact) mass is 497 g/mol. The van der Waals surface area contributed by atoms with E-state index in [0.717, 1.165) is 41.2 Å². The Balaban J connectivity index is 1.82. The molecule has 34 heavy (non-hydrogen) atoms. The number of carbonyl (C=O) groups is 1. The van der Waals surface area contributed by atoms with Crippen molar-refractivity contribution in [2.24, 2.45) is 0 Å². The van der Waals surface area contributed by atoms with E-state index in [-0.39, 0.29) is 0 Å². The molecule has 0 heterocycles. The fraction of sp³-hybridized carbons (Fsp3) is 0.593. The first-order valence-electron chi connectivity index (χ1n) is 12.6. The minimum atomic E-state index is -4.58. The molecule has 0 radical (unpaired) electrons. The highest BCUT2D eigenvalue weighted by atomic mass is 32.2. The van der Waals surface area contributed by atoms with Crippen LogP contribution >= 0.6 is 12.0 Å². The maximum atomic E-state index is 12.6. The highest BCUT2D eigenvalue weighted by Gasteiger charge is 2.31. The minimum Gasteiger partial charge on any atom is -0.267 e. The largest absolute Gasteiger partial charge is 0.470 e. The summed E-state index contributed by atoms with van der Waals surface area (Å²) in [6.45, 7) is 4.13. The van der Waals surface area contributed by atoms with Crippen LogP contribution in [0.2, 0.25) is 0 Å². The van der Waals surface area contributed by atoms with Gasteiger partial charge in [0.15, 0.2) is 0 Å². The number of nitrogens with one attached hydrogen (secondary N) is 1. The molecule has 0 aliphatic heterocycles. The standard InChI is InChI=1S/C27H38F3NO2S/c1-3-4-5-6-7-8-9-10-11-12-13-14-17-22-19-23-18-15-16-21(2)25(23)24(20-22)26(32)31-33-34-27(28,29)30/h15-16,18-20H,3-14,17H2,1-2H3,(H,31,32). The first kappa shape index (κ1) is 28.5. The Bertz CT molecular complexity index is 886. The number of hydrogen-bond acceptors (Lipinski definition) is 3. The van der Waals surface area contributed by atoms with Crippen molar-refractivity contribution in [2.45, 2.75) is 103 Å². The third-order valence-corrected chi connectivity index (χ3v) is 6.43. The Kier molecular flexibility index (Phi) is 12.8. The van der Waals surface area contributed by atoms with E-state index in [4.69, 9.17) is 0 Å². The number of hydrogen-bond donors (Lipinski definition) is 1. The van der Waals surface area contributed by atoms with Crippen molar-refractivity contribution >= 4 is 28.7 Å². The summed E-state index contributed by atoms with van der Waals surface area (Å²) in [5, 5.41) is 1.64. The molecule has 7 heteroatoms. The van der Waals surface area contributed by atoms with Crippen LogP contribution < -0.4 is 5.48 Å². The zero-order valence-electron chi connectivity index (χ0n) is 20.4. The van der Waals surface area contributed by atoms with Gasteiger partial charge in [0.05, 0.1) is 0 Å². The Hall–Kier alpha value is -1.73. The molecule has 0 saturated carbocycles. The smallest absolute Gasteiger partial charge is 0.267 e. The summed E-state index contributed by atoms with van der Waals surface area (Å²) in [4.78, 5) is 12.6. The second-order valence-electron chi connectivity index (χ2n) is 9.00. The Morgan fingerprint density at radius 2 is 1.50 bits per heavy atom. The van der Waals surface area contributed by atoms with Crippen molar-refractivity contribution in [3.8, 4) is 0 Å². The van der Waals surface area contributed by atoms with Crippen LogP contribution in [0.3, 0.4) is 0 Å². The molecule has 2 aromatic carbocycles. The van der Waals surface area contributed by atoms with Gasteiger partial charge in [0.1, 0.15) is 12.0 Å². The summed E-state index contributed by atoms with van der Waals surface area (Å²) >= 11 is -0.731. The molecule has 0 atom stereocenters. The van der Waals surface area contributed by atoms with E-state index in [1.807, 2.05) is 30.6 Å². The number of rotatable bonds is 16. The van der Waals surface area contributed by atoms with Gasteiger partial charge in [-0.3, -0.25) is 4.79 Å². The van der Waals surface area contributed by atoms with Crippen molar-refractivity contribution in [3.05, 3.63) is 47.0 Å². The van der Waals surface area contributed by atoms with Crippen LogP contribution in [0.4, 0.5) is 13.2 Å². The molecule has 0 fully saturated rings. The van der Waals surface area contributed by atoms with Crippen LogP contribution in [0.15, 0.2) is 30.3 Å². The highest BCUT2D eigenvalue weighted by Crippen LogP contribution is 2.30. The molecule has 0 unspecified atom stereocenters. The van der Waals surface area contributed by atoms with Crippen molar-refractivity contribution in [1.82, 2.24) is 5.48 Å². The van der Waals surface area contributed by atoms with E-state index in [9.17, 15) is 18.0 Å². The maximum absolute atomic E-state index is 12.6. The maximum Gasteiger partial charge on any atom is 0.470 e. The molecule has 2 rings (SSSR count). The van der Waals surface area contributed by atoms with E-state index in [1.54, 1.807) is 6.07 Å². The molecule has 3 nitrogen and oxygen atoms in total. The van der Waals surface area contributed by atoms with E-state index in [2.05, 4.69) is 17.3 Å². The molecule has 0 aliphatic carbocycles. The van der Waals surface area contributed by atoms with Gasteiger partial charge in [0.2, 0.25) is 0 Å². The molecule has 1 amide bonds. The topological polar surface area (TPSA) is 38.3 Å². The van der Waals surface area contributed by atoms with E-state index < -0.39 is 23.5 Å². The molecule has 190 valence electrons. The van der Waals surface area contributed by atoms with Crippen molar-refractivity contribution in [2.75, 3.05) is 0 Å². The predicted octanol–water partition coefficient (Wildman–Crippen LogP) is 9.22. The number of benzene rings is 2. The second kappa shape index (κ2) is 15.3. The van der Waals surface area contributed by atoms with Crippen LogP contribution in [0.1, 0.15) is 105 Å². The number of unbranched alkanes of at least 4 members (excludes halogenated alkanes) is 11. The molecular formula is C27H38F3NO2S. The van der Waals surface area contributed by atoms with Gasteiger partial charge in [-0.15, -0.1) is 0 Å². The zero-order chi connectivity index (χ0) is 24.8. The molecule has 0 aromatic heterocycles. The first-order chi connectivity index (χ1) is 16.3. The van der Waals surface area contributed by atoms with Crippen LogP contribution in [-0.2, 0) is 10.7 Å². The molecular weight excluding hydrogens is 459 g/mol. The van der Waals surface area contributed by atoms with Gasteiger partial charge in [-0.05, 0) is 47.7 Å². The number of aryl methyl sites for hydroxylation is 2. The lowest BCUT2D eigenvalue weighted by molar-refractivity contribution is -0.0416. The van der Waals surface area contributed by atoms with E-state index in [1.165, 1.54) is 64.2 Å². The number of hydroxylamine groups is 1. The fourth-order valence-corrected chi connectivity index (χ4v) is 4.54. The number of alkyl halides is 3. The number of halogens is 3. The number of amides is 1. The van der Waals surface area contributed by atoms with E-state index >= 15 is 0 Å². The van der Waals surface area contributed by atoms with Gasteiger partial charge < -0.3 is 0 Å². The lowest BCUT2D eigenvalue weighted by Gasteiger charge is -2.13. The lowest BCUT2D eigenvalue weighted by Crippen LogP contribution is -2.23. The third kappa shape index (κ3) is 10.7. The summed E-state index contributed by atoms with van der Waals surface area (Å²) in [5.41, 5.74) is -0.416. The molecule has 1 N–H and O–H groups in total. The van der Waals surface area contributed by atoms with Gasteiger partial charge >= 0.3 is 5.51 Å². The lowest BCUT2D eigenvalue weighted by atomic mass is 9.94. The van der Waals surface area contributed by atoms with Crippen LogP contribution in [-0.4, -0.2) is 11.4 Å². The van der Waals surface area contributed by atoms with Crippen LogP contribution in [0.5, 0.6) is 0 Å². The summed E-state index contributed by atoms with van der Waals surface area (Å²) in [5.74, 6) is -0.674. The molecule has 2 aromatic rings. The van der Waals surface area contributed by atoms with Gasteiger partial charge in [-0.25, -0.2) is 5.48 Å². The third-order valence-electron chi connectivity index (χ3n) is 6.08. The predicted molar refractivity (Wildman–Crippen MR) is 136 cm³/mol. The molecule has 0 aliphatic rings. The zero-order valence-corrected chi connectivity index (χ0v) is 21.3. The van der Waals surface area contributed by atoms with Gasteiger partial charge in [0, 0.05) is 5.56 Å². The van der Waals surface area contributed by atoms with Crippen LogP contribution in [0.25, 0.3) is 10.8 Å². The van der Waals surface area contributed by atoms with Gasteiger partial charge in [-0.1, -0.05) is 102 Å². The average molecular weight is 498 g/mol. The molecule has 0 spiro atoms. The van der Waals surface area contributed by atoms with Crippen LogP contribution in [0, 0.1) is 6.92 Å². The quantitative estimate of drug-likeness (QED) is 0.143. The number of fused-ring (bicyclic) bond motifs is 1. The summed E-state index contributed by atoms with van der Waals surface area (Å²) in [7, 11) is 0. The second-order valence-corrected chi connectivity index (χ2v) is 9.80. The highest BCUT2D eigenvalue weighted by molar-refractivity contribution is 7.95. The Morgan fingerprint density at radius 1 is 0.912 bits per heavy atom. The summed E-state index contributed by atoms with van der Waals surface area (Å²) < 4.78 is 41.3. The van der Waals surface area contributed by atoms with Crippen molar-refractivity contribution < 1.29 is 22.2 Å². The fourth-order valence-electron chi connectivity index (χ4n) is 4.33. The minimum absolute atomic E-state index is 0.340. The number of carbonyl (C=O) groups excluding carboxylic acids is 1. The van der Waals surface area contributed by atoms with E-state index in [0.29, 0.717) is 5.56 Å². The Morgan fingerprint density at radius 3 is 2.09 bits per heavy atom. The van der Waals surface area contributed by atoms with Crippen molar-refractivity contribution in [3.63, 3.8) is 0 Å².